The lowest BCUT2D eigenvalue weighted by Gasteiger charge is -2.09. The summed E-state index contributed by atoms with van der Waals surface area (Å²) in [4.78, 5) is 11.4. The molecule has 0 bridgehead atoms. The minimum Gasteiger partial charge on any atom is -0.465 e. The molecule has 100 valence electrons. The van der Waals surface area contributed by atoms with Crippen LogP contribution in [0.2, 0.25) is 0 Å². The summed E-state index contributed by atoms with van der Waals surface area (Å²) in [5, 5.41) is 4.17. The minimum atomic E-state index is -0.436. The summed E-state index contributed by atoms with van der Waals surface area (Å²) in [5.74, 6) is 0.611. The molecule has 0 amide bonds. The summed E-state index contributed by atoms with van der Waals surface area (Å²) in [7, 11) is 3.10. The van der Waals surface area contributed by atoms with E-state index in [1.54, 1.807) is 29.9 Å². The maximum atomic E-state index is 11.4. The highest BCUT2D eigenvalue weighted by atomic mass is 16.5. The predicted molar refractivity (Wildman–Crippen MR) is 70.2 cm³/mol. The number of anilines is 1. The summed E-state index contributed by atoms with van der Waals surface area (Å²) < 4.78 is 11.9. The van der Waals surface area contributed by atoms with E-state index in [1.165, 1.54) is 13.2 Å². The van der Waals surface area contributed by atoms with Gasteiger partial charge in [-0.3, -0.25) is 0 Å². The zero-order valence-corrected chi connectivity index (χ0v) is 11.0. The topological polar surface area (TPSA) is 79.4 Å². The Kier molecular flexibility index (Phi) is 3.41. The summed E-state index contributed by atoms with van der Waals surface area (Å²) in [6.45, 7) is 1.87. The van der Waals surface area contributed by atoms with Gasteiger partial charge < -0.3 is 15.2 Å². The fourth-order valence-corrected chi connectivity index (χ4v) is 1.68. The Morgan fingerprint density at radius 1 is 1.37 bits per heavy atom. The maximum Gasteiger partial charge on any atom is 0.337 e. The standard InChI is InChI=1S/C13H15N3O3/c1-8-6-12(16(2)15-8)19-11-5-4-9(7-10(11)14)13(17)18-3/h4-7H,14H2,1-3H3. The largest absolute Gasteiger partial charge is 0.465 e. The Balaban J connectivity index is 2.27. The van der Waals surface area contributed by atoms with Crippen molar-refractivity contribution in [3.63, 3.8) is 0 Å². The smallest absolute Gasteiger partial charge is 0.337 e. The number of carbonyl (C=O) groups is 1. The number of carbonyl (C=O) groups excluding carboxylic acids is 1. The Morgan fingerprint density at radius 3 is 2.63 bits per heavy atom. The molecule has 0 radical (unpaired) electrons. The van der Waals surface area contributed by atoms with E-state index in [1.807, 2.05) is 6.92 Å². The van der Waals surface area contributed by atoms with Crippen LogP contribution in [0.15, 0.2) is 24.3 Å². The second kappa shape index (κ2) is 5.01. The average Bonchev–Trinajstić information content (AvgIpc) is 2.69. The number of ether oxygens (including phenoxy) is 2. The summed E-state index contributed by atoms with van der Waals surface area (Å²) >= 11 is 0. The zero-order valence-electron chi connectivity index (χ0n) is 11.0. The number of aromatic nitrogens is 2. The molecule has 6 heteroatoms. The van der Waals surface area contributed by atoms with Crippen LogP contribution >= 0.6 is 0 Å². The molecule has 6 nitrogen and oxygen atoms in total. The van der Waals surface area contributed by atoms with Crippen LogP contribution < -0.4 is 10.5 Å². The minimum absolute atomic E-state index is 0.363. The van der Waals surface area contributed by atoms with Crippen molar-refractivity contribution in [1.29, 1.82) is 0 Å². The van der Waals surface area contributed by atoms with Crippen molar-refractivity contribution < 1.29 is 14.3 Å². The van der Waals surface area contributed by atoms with Gasteiger partial charge in [-0.1, -0.05) is 0 Å². The van der Waals surface area contributed by atoms with Crippen molar-refractivity contribution in [2.75, 3.05) is 12.8 Å². The summed E-state index contributed by atoms with van der Waals surface area (Å²) in [6, 6.07) is 6.54. The SMILES string of the molecule is COC(=O)c1ccc(Oc2cc(C)nn2C)c(N)c1. The van der Waals surface area contributed by atoms with Crippen LogP contribution in [0.3, 0.4) is 0 Å². The number of methoxy groups -OCH3 is 1. The molecule has 1 heterocycles. The van der Waals surface area contributed by atoms with Gasteiger partial charge in [-0.05, 0) is 25.1 Å². The van der Waals surface area contributed by atoms with E-state index in [4.69, 9.17) is 10.5 Å². The molecule has 0 saturated carbocycles. The molecule has 0 spiro atoms. The number of aryl methyl sites for hydroxylation is 2. The normalized spacial score (nSPS) is 10.3. The second-order valence-electron chi connectivity index (χ2n) is 4.09. The van der Waals surface area contributed by atoms with E-state index in [0.29, 0.717) is 22.9 Å². The van der Waals surface area contributed by atoms with Crippen LogP contribution in [0.25, 0.3) is 0 Å². The predicted octanol–water partition coefficient (Wildman–Crippen LogP) is 1.89. The van der Waals surface area contributed by atoms with Crippen LogP contribution in [0, 0.1) is 6.92 Å². The van der Waals surface area contributed by atoms with E-state index < -0.39 is 5.97 Å². The third kappa shape index (κ3) is 2.67. The van der Waals surface area contributed by atoms with Crippen molar-refractivity contribution in [1.82, 2.24) is 9.78 Å². The van der Waals surface area contributed by atoms with Crippen molar-refractivity contribution in [2.45, 2.75) is 6.92 Å². The molecule has 2 N–H and O–H groups in total. The Bertz CT molecular complexity index is 620. The van der Waals surface area contributed by atoms with Gasteiger partial charge in [0.15, 0.2) is 5.75 Å². The van der Waals surface area contributed by atoms with Crippen molar-refractivity contribution in [2.24, 2.45) is 7.05 Å². The number of benzene rings is 1. The molecule has 0 aliphatic heterocycles. The Labute approximate surface area is 110 Å². The molecular weight excluding hydrogens is 246 g/mol. The van der Waals surface area contributed by atoms with Gasteiger partial charge in [0, 0.05) is 13.1 Å². The van der Waals surface area contributed by atoms with E-state index in [0.717, 1.165) is 5.69 Å². The molecule has 1 aromatic carbocycles. The maximum absolute atomic E-state index is 11.4. The number of nitrogen functional groups attached to an aromatic ring is 1. The first-order valence-corrected chi connectivity index (χ1v) is 5.67. The lowest BCUT2D eigenvalue weighted by atomic mass is 10.2. The van der Waals surface area contributed by atoms with Gasteiger partial charge in [0.1, 0.15) is 0 Å². The monoisotopic (exact) mass is 261 g/mol. The fraction of sp³-hybridized carbons (Fsp3) is 0.231. The first-order valence-electron chi connectivity index (χ1n) is 5.67. The first-order chi connectivity index (χ1) is 9.01. The van der Waals surface area contributed by atoms with Gasteiger partial charge in [-0.15, -0.1) is 0 Å². The first kappa shape index (κ1) is 12.9. The molecule has 2 aromatic rings. The van der Waals surface area contributed by atoms with Gasteiger partial charge >= 0.3 is 5.97 Å². The average molecular weight is 261 g/mol. The van der Waals surface area contributed by atoms with Gasteiger partial charge in [-0.25, -0.2) is 9.48 Å². The molecule has 19 heavy (non-hydrogen) atoms. The third-order valence-electron chi connectivity index (χ3n) is 2.60. The highest BCUT2D eigenvalue weighted by Gasteiger charge is 2.11. The molecule has 0 aliphatic rings. The highest BCUT2D eigenvalue weighted by molar-refractivity contribution is 5.90. The summed E-state index contributed by atoms with van der Waals surface area (Å²) in [5.41, 5.74) is 7.45. The van der Waals surface area contributed by atoms with E-state index in [9.17, 15) is 4.79 Å². The van der Waals surface area contributed by atoms with Gasteiger partial charge in [-0.2, -0.15) is 5.10 Å². The molecule has 0 atom stereocenters. The molecule has 2 rings (SSSR count). The molecular formula is C13H15N3O3. The third-order valence-corrected chi connectivity index (χ3v) is 2.60. The quantitative estimate of drug-likeness (QED) is 0.674. The Morgan fingerprint density at radius 2 is 2.11 bits per heavy atom. The number of esters is 1. The van der Waals surface area contributed by atoms with Gasteiger partial charge in [0.2, 0.25) is 5.88 Å². The second-order valence-corrected chi connectivity index (χ2v) is 4.09. The van der Waals surface area contributed by atoms with Crippen molar-refractivity contribution in [3.05, 3.63) is 35.5 Å². The van der Waals surface area contributed by atoms with E-state index in [2.05, 4.69) is 9.84 Å². The number of rotatable bonds is 3. The molecule has 0 aliphatic carbocycles. The molecule has 0 fully saturated rings. The molecule has 1 aromatic heterocycles. The van der Waals surface area contributed by atoms with Crippen LogP contribution in [0.1, 0.15) is 16.1 Å². The lowest BCUT2D eigenvalue weighted by molar-refractivity contribution is 0.0601. The van der Waals surface area contributed by atoms with Crippen LogP contribution in [-0.2, 0) is 11.8 Å². The van der Waals surface area contributed by atoms with Crippen LogP contribution in [0.5, 0.6) is 11.6 Å². The fourth-order valence-electron chi connectivity index (χ4n) is 1.68. The molecule has 0 saturated heterocycles. The highest BCUT2D eigenvalue weighted by Crippen LogP contribution is 2.28. The van der Waals surface area contributed by atoms with Crippen molar-refractivity contribution >= 4 is 11.7 Å². The number of hydrogen-bond acceptors (Lipinski definition) is 5. The van der Waals surface area contributed by atoms with E-state index in [-0.39, 0.29) is 0 Å². The number of hydrogen-bond donors (Lipinski definition) is 1. The molecule has 0 unspecified atom stereocenters. The van der Waals surface area contributed by atoms with Crippen molar-refractivity contribution in [3.8, 4) is 11.6 Å². The number of nitrogens with zero attached hydrogens (tertiary/aromatic N) is 2. The summed E-state index contributed by atoms with van der Waals surface area (Å²) in [6.07, 6.45) is 0. The van der Waals surface area contributed by atoms with Gasteiger partial charge in [0.05, 0.1) is 24.1 Å². The van der Waals surface area contributed by atoms with E-state index >= 15 is 0 Å². The zero-order chi connectivity index (χ0) is 14.0. The van der Waals surface area contributed by atoms with Crippen LogP contribution in [0.4, 0.5) is 5.69 Å². The number of nitrogens with two attached hydrogens (primary N) is 1. The Hall–Kier alpha value is -2.50. The van der Waals surface area contributed by atoms with Crippen LogP contribution in [-0.4, -0.2) is 22.9 Å². The van der Waals surface area contributed by atoms with Gasteiger partial charge in [0.25, 0.3) is 0 Å². The lowest BCUT2D eigenvalue weighted by Crippen LogP contribution is -2.03.